The van der Waals surface area contributed by atoms with Crippen LogP contribution in [0.15, 0.2) is 34.8 Å². The number of nitro benzene ring substituents is 1. The van der Waals surface area contributed by atoms with Crippen molar-refractivity contribution in [2.45, 2.75) is 13.3 Å². The molecule has 0 radical (unpaired) electrons. The third kappa shape index (κ3) is 4.92. The van der Waals surface area contributed by atoms with Gasteiger partial charge in [-0.05, 0) is 24.6 Å². The molecular formula is C17H17BrFN3O4. The number of aryl methyl sites for hydroxylation is 1. The van der Waals surface area contributed by atoms with Gasteiger partial charge in [0, 0.05) is 29.2 Å². The highest BCUT2D eigenvalue weighted by molar-refractivity contribution is 9.10. The fraction of sp³-hybridized carbons (Fsp3) is 0.235. The second-order valence-electron chi connectivity index (χ2n) is 5.45. The molecule has 2 aromatic carbocycles. The molecule has 0 aliphatic carbocycles. The van der Waals surface area contributed by atoms with Crippen molar-refractivity contribution < 1.29 is 18.8 Å². The summed E-state index contributed by atoms with van der Waals surface area (Å²) in [4.78, 5) is 22.4. The minimum Gasteiger partial charge on any atom is -0.494 e. The lowest BCUT2D eigenvalue weighted by atomic mass is 10.2. The van der Waals surface area contributed by atoms with Gasteiger partial charge in [-0.15, -0.1) is 0 Å². The molecule has 26 heavy (non-hydrogen) atoms. The van der Waals surface area contributed by atoms with Gasteiger partial charge in [0.05, 0.1) is 18.1 Å². The van der Waals surface area contributed by atoms with Gasteiger partial charge in [0.25, 0.3) is 5.69 Å². The summed E-state index contributed by atoms with van der Waals surface area (Å²) in [6.07, 6.45) is 0.0722. The van der Waals surface area contributed by atoms with Gasteiger partial charge < -0.3 is 15.4 Å². The zero-order chi connectivity index (χ0) is 19.3. The van der Waals surface area contributed by atoms with E-state index in [0.29, 0.717) is 5.69 Å². The van der Waals surface area contributed by atoms with E-state index in [1.807, 2.05) is 19.1 Å². The van der Waals surface area contributed by atoms with Crippen LogP contribution in [0.3, 0.4) is 0 Å². The number of carbonyl (C=O) groups is 1. The molecule has 0 aliphatic rings. The monoisotopic (exact) mass is 425 g/mol. The van der Waals surface area contributed by atoms with Crippen molar-refractivity contribution in [3.05, 3.63) is 56.3 Å². The normalized spacial score (nSPS) is 10.3. The van der Waals surface area contributed by atoms with Gasteiger partial charge in [0.15, 0.2) is 11.6 Å². The number of hydrogen-bond donors (Lipinski definition) is 2. The first-order valence-electron chi connectivity index (χ1n) is 7.63. The lowest BCUT2D eigenvalue weighted by Crippen LogP contribution is -2.17. The minimum atomic E-state index is -0.826. The molecule has 1 amide bonds. The van der Waals surface area contributed by atoms with Crippen LogP contribution in [0.5, 0.6) is 5.75 Å². The van der Waals surface area contributed by atoms with Crippen molar-refractivity contribution in [1.29, 1.82) is 0 Å². The Balaban J connectivity index is 2.01. The number of carbonyl (C=O) groups excluding carboxylic acids is 1. The van der Waals surface area contributed by atoms with Crippen molar-refractivity contribution in [3.8, 4) is 5.75 Å². The van der Waals surface area contributed by atoms with Crippen molar-refractivity contribution in [1.82, 2.24) is 0 Å². The highest BCUT2D eigenvalue weighted by Crippen LogP contribution is 2.31. The molecule has 0 spiro atoms. The number of nitro groups is 1. The second kappa shape index (κ2) is 8.61. The molecule has 0 fully saturated rings. The van der Waals surface area contributed by atoms with Gasteiger partial charge >= 0.3 is 0 Å². The smallest absolute Gasteiger partial charge is 0.295 e. The van der Waals surface area contributed by atoms with E-state index >= 15 is 0 Å². The molecule has 138 valence electrons. The first kappa shape index (κ1) is 19.6. The Kier molecular flexibility index (Phi) is 6.51. The molecule has 0 bridgehead atoms. The number of nitrogens with zero attached hydrogens (tertiary/aromatic N) is 1. The Morgan fingerprint density at radius 2 is 2.04 bits per heavy atom. The number of methoxy groups -OCH3 is 1. The van der Waals surface area contributed by atoms with Crippen LogP contribution in [-0.4, -0.2) is 24.5 Å². The molecule has 0 aliphatic heterocycles. The van der Waals surface area contributed by atoms with E-state index in [1.165, 1.54) is 13.2 Å². The first-order chi connectivity index (χ1) is 12.3. The van der Waals surface area contributed by atoms with Crippen LogP contribution < -0.4 is 15.4 Å². The van der Waals surface area contributed by atoms with Crippen LogP contribution in [-0.2, 0) is 4.79 Å². The Morgan fingerprint density at radius 3 is 2.69 bits per heavy atom. The van der Waals surface area contributed by atoms with Gasteiger partial charge in [0.2, 0.25) is 5.91 Å². The van der Waals surface area contributed by atoms with Gasteiger partial charge in [-0.2, -0.15) is 0 Å². The van der Waals surface area contributed by atoms with E-state index in [-0.39, 0.29) is 30.3 Å². The summed E-state index contributed by atoms with van der Waals surface area (Å²) < 4.78 is 19.3. The average molecular weight is 426 g/mol. The van der Waals surface area contributed by atoms with Crippen LogP contribution in [0.2, 0.25) is 0 Å². The molecule has 9 heteroatoms. The highest BCUT2D eigenvalue weighted by atomic mass is 79.9. The fourth-order valence-electron chi connectivity index (χ4n) is 2.24. The molecule has 0 aromatic heterocycles. The molecule has 0 saturated heterocycles. The van der Waals surface area contributed by atoms with Gasteiger partial charge in [-0.25, -0.2) is 4.39 Å². The lowest BCUT2D eigenvalue weighted by Gasteiger charge is -2.11. The molecule has 0 unspecified atom stereocenters. The number of benzene rings is 2. The maximum Gasteiger partial charge on any atom is 0.295 e. The van der Waals surface area contributed by atoms with Crippen LogP contribution in [0, 0.1) is 22.9 Å². The molecule has 2 rings (SSSR count). The predicted molar refractivity (Wildman–Crippen MR) is 100 cm³/mol. The maximum absolute atomic E-state index is 13.6. The topological polar surface area (TPSA) is 93.5 Å². The van der Waals surface area contributed by atoms with Gasteiger partial charge in [-0.3, -0.25) is 14.9 Å². The van der Waals surface area contributed by atoms with Crippen molar-refractivity contribution in [2.75, 3.05) is 24.3 Å². The van der Waals surface area contributed by atoms with Crippen molar-refractivity contribution in [3.63, 3.8) is 0 Å². The number of amides is 1. The second-order valence-corrected chi connectivity index (χ2v) is 6.36. The third-order valence-corrected chi connectivity index (χ3v) is 4.10. The summed E-state index contributed by atoms with van der Waals surface area (Å²) in [6.45, 7) is 2.00. The fourth-order valence-corrected chi connectivity index (χ4v) is 2.61. The molecule has 2 N–H and O–H groups in total. The molecule has 0 atom stereocenters. The van der Waals surface area contributed by atoms with Gasteiger partial charge in [0.1, 0.15) is 5.69 Å². The molecule has 0 heterocycles. The average Bonchev–Trinajstić information content (AvgIpc) is 2.58. The molecular weight excluding hydrogens is 409 g/mol. The Bertz CT molecular complexity index is 845. The largest absolute Gasteiger partial charge is 0.494 e. The quantitative estimate of drug-likeness (QED) is 0.510. The summed E-state index contributed by atoms with van der Waals surface area (Å²) >= 11 is 3.34. The maximum atomic E-state index is 13.6. The summed E-state index contributed by atoms with van der Waals surface area (Å²) in [7, 11) is 1.27. The van der Waals surface area contributed by atoms with Crippen LogP contribution in [0.4, 0.5) is 21.5 Å². The number of anilines is 2. The minimum absolute atomic E-state index is 0.0722. The van der Waals surface area contributed by atoms with E-state index in [2.05, 4.69) is 26.6 Å². The van der Waals surface area contributed by atoms with E-state index < -0.39 is 16.4 Å². The predicted octanol–water partition coefficient (Wildman–Crippen LogP) is 4.25. The highest BCUT2D eigenvalue weighted by Gasteiger charge is 2.19. The third-order valence-electron chi connectivity index (χ3n) is 3.61. The summed E-state index contributed by atoms with van der Waals surface area (Å²) in [5, 5.41) is 16.6. The van der Waals surface area contributed by atoms with E-state index in [9.17, 15) is 19.3 Å². The summed E-state index contributed by atoms with van der Waals surface area (Å²) in [6, 6.07) is 7.51. The lowest BCUT2D eigenvalue weighted by molar-refractivity contribution is -0.384. The van der Waals surface area contributed by atoms with Crippen molar-refractivity contribution in [2.24, 2.45) is 0 Å². The molecule has 7 nitrogen and oxygen atoms in total. The first-order valence-corrected chi connectivity index (χ1v) is 8.43. The molecule has 2 aromatic rings. The Hall–Kier alpha value is -2.68. The van der Waals surface area contributed by atoms with E-state index in [4.69, 9.17) is 4.74 Å². The van der Waals surface area contributed by atoms with Crippen molar-refractivity contribution >= 4 is 38.9 Å². The van der Waals surface area contributed by atoms with Gasteiger partial charge in [-0.1, -0.05) is 22.0 Å². The van der Waals surface area contributed by atoms with E-state index in [0.717, 1.165) is 16.1 Å². The van der Waals surface area contributed by atoms with Crippen LogP contribution >= 0.6 is 15.9 Å². The number of hydrogen-bond acceptors (Lipinski definition) is 5. The van der Waals surface area contributed by atoms with E-state index in [1.54, 1.807) is 6.07 Å². The number of ether oxygens (including phenoxy) is 1. The summed E-state index contributed by atoms with van der Waals surface area (Å²) in [5.41, 5.74) is 1.25. The number of halogens is 2. The Labute approximate surface area is 157 Å². The zero-order valence-electron chi connectivity index (χ0n) is 14.1. The Morgan fingerprint density at radius 1 is 1.31 bits per heavy atom. The zero-order valence-corrected chi connectivity index (χ0v) is 15.7. The molecule has 0 saturated carbocycles. The standard InChI is InChI=1S/C17H17BrFN3O4/c1-10-3-4-11(18)7-13(10)21-17(23)5-6-20-14-9-16(26-2)12(19)8-15(14)22(24)25/h3-4,7-9,20H,5-6H2,1-2H3,(H,21,23). The van der Waals surface area contributed by atoms with Crippen LogP contribution in [0.25, 0.3) is 0 Å². The summed E-state index contributed by atoms with van der Waals surface area (Å²) in [5.74, 6) is -1.20. The van der Waals surface area contributed by atoms with Crippen LogP contribution in [0.1, 0.15) is 12.0 Å². The number of nitrogens with one attached hydrogen (secondary N) is 2. The SMILES string of the molecule is COc1cc(NCCC(=O)Nc2cc(Br)ccc2C)c([N+](=O)[O-])cc1F. The number of rotatable bonds is 7.